The Kier molecular flexibility index (Phi) is 8.24. The van der Waals surface area contributed by atoms with Gasteiger partial charge in [0.15, 0.2) is 0 Å². The molecular weight excluding hydrogens is 544 g/mol. The number of ether oxygens (including phenoxy) is 1. The number of amides is 2. The number of hydrogen-bond donors (Lipinski definition) is 3. The summed E-state index contributed by atoms with van der Waals surface area (Å²) in [5, 5.41) is 16.0. The molecule has 1 saturated heterocycles. The second-order valence-corrected chi connectivity index (χ2v) is 10.3. The van der Waals surface area contributed by atoms with Crippen molar-refractivity contribution in [1.82, 2.24) is 20.2 Å². The fourth-order valence-electron chi connectivity index (χ4n) is 4.89. The number of anilines is 1. The van der Waals surface area contributed by atoms with Crippen LogP contribution in [0.1, 0.15) is 47.3 Å². The first-order valence-electron chi connectivity index (χ1n) is 12.9. The number of rotatable bonds is 8. The van der Waals surface area contributed by atoms with Crippen LogP contribution in [0.2, 0.25) is 5.02 Å². The molecule has 1 fully saturated rings. The maximum absolute atomic E-state index is 13.7. The van der Waals surface area contributed by atoms with Crippen LogP contribution >= 0.6 is 11.6 Å². The zero-order chi connectivity index (χ0) is 28.4. The van der Waals surface area contributed by atoms with E-state index in [4.69, 9.17) is 16.3 Å². The van der Waals surface area contributed by atoms with Gasteiger partial charge in [0.25, 0.3) is 5.91 Å². The highest BCUT2D eigenvalue weighted by atomic mass is 35.5. The summed E-state index contributed by atoms with van der Waals surface area (Å²) in [7, 11) is 0. The molecule has 0 saturated carbocycles. The largest absolute Gasteiger partial charge is 0.394 e. The van der Waals surface area contributed by atoms with Crippen molar-refractivity contribution < 1.29 is 28.2 Å². The molecule has 0 radical (unpaired) electrons. The Labute approximate surface area is 234 Å². The van der Waals surface area contributed by atoms with Gasteiger partial charge >= 0.3 is 0 Å². The minimum Gasteiger partial charge on any atom is -0.394 e. The van der Waals surface area contributed by atoms with Crippen LogP contribution in [0.25, 0.3) is 11.3 Å². The van der Waals surface area contributed by atoms with E-state index in [0.29, 0.717) is 47.1 Å². The molecule has 0 bridgehead atoms. The first kappa shape index (κ1) is 27.9. The molecule has 2 unspecified atom stereocenters. The molecule has 0 spiro atoms. The van der Waals surface area contributed by atoms with Gasteiger partial charge in [-0.15, -0.1) is 0 Å². The van der Waals surface area contributed by atoms with E-state index in [1.54, 1.807) is 19.1 Å². The quantitative estimate of drug-likeness (QED) is 0.376. The third-order valence-electron chi connectivity index (χ3n) is 7.15. The SMILES string of the molecule is CC(C(=O)NC(CO)c1cc(F)cc(F)c1)N1Cc2ccc(-c3nc(NC4CCOCC4)ncc3Cl)cc2C1=O. The molecule has 9 nitrogen and oxygen atoms in total. The fraction of sp³-hybridized carbons (Fsp3) is 0.357. The average molecular weight is 572 g/mol. The van der Waals surface area contributed by atoms with Crippen LogP contribution in [0.4, 0.5) is 14.7 Å². The third-order valence-corrected chi connectivity index (χ3v) is 7.42. The molecule has 2 amide bonds. The van der Waals surface area contributed by atoms with Gasteiger partial charge in [0.05, 0.1) is 29.6 Å². The highest BCUT2D eigenvalue weighted by Gasteiger charge is 2.35. The van der Waals surface area contributed by atoms with Crippen molar-refractivity contribution in [3.63, 3.8) is 0 Å². The number of aliphatic hydroxyl groups excluding tert-OH is 1. The number of nitrogens with one attached hydrogen (secondary N) is 2. The minimum atomic E-state index is -1.05. The molecule has 0 aliphatic carbocycles. The number of aromatic nitrogens is 2. The lowest BCUT2D eigenvalue weighted by molar-refractivity contribution is -0.126. The number of fused-ring (bicyclic) bond motifs is 1. The Morgan fingerprint density at radius 1 is 1.20 bits per heavy atom. The van der Waals surface area contributed by atoms with Gasteiger partial charge < -0.3 is 25.4 Å². The van der Waals surface area contributed by atoms with Gasteiger partial charge in [0.2, 0.25) is 11.9 Å². The van der Waals surface area contributed by atoms with Gasteiger partial charge in [0.1, 0.15) is 17.7 Å². The van der Waals surface area contributed by atoms with Gasteiger partial charge in [-0.3, -0.25) is 9.59 Å². The van der Waals surface area contributed by atoms with Crippen molar-refractivity contribution in [2.45, 2.75) is 44.4 Å². The van der Waals surface area contributed by atoms with E-state index in [9.17, 15) is 23.5 Å². The summed E-state index contributed by atoms with van der Waals surface area (Å²) < 4.78 is 32.7. The zero-order valence-electron chi connectivity index (χ0n) is 21.7. The molecule has 1 aromatic heterocycles. The Morgan fingerprint density at radius 3 is 2.62 bits per heavy atom. The van der Waals surface area contributed by atoms with Gasteiger partial charge in [-0.05, 0) is 49.1 Å². The van der Waals surface area contributed by atoms with Crippen molar-refractivity contribution in [1.29, 1.82) is 0 Å². The number of halogens is 3. The van der Waals surface area contributed by atoms with E-state index in [-0.39, 0.29) is 24.1 Å². The molecule has 40 heavy (non-hydrogen) atoms. The van der Waals surface area contributed by atoms with E-state index < -0.39 is 36.2 Å². The molecular formula is C28H28ClF2N5O4. The molecule has 2 aliphatic rings. The maximum Gasteiger partial charge on any atom is 0.255 e. The zero-order valence-corrected chi connectivity index (χ0v) is 22.4. The van der Waals surface area contributed by atoms with Crippen molar-refractivity contribution in [2.24, 2.45) is 0 Å². The van der Waals surface area contributed by atoms with Crippen LogP contribution < -0.4 is 10.6 Å². The van der Waals surface area contributed by atoms with Gasteiger partial charge in [-0.25, -0.2) is 18.7 Å². The minimum absolute atomic E-state index is 0.0774. The standard InChI is InChI=1S/C28H28ClF2N5O4/c1-15(26(38)34-24(14-37)18-8-19(30)11-20(31)9-18)36-13-17-3-2-16(10-22(17)27(36)39)25-23(29)12-32-28(35-25)33-21-4-6-40-7-5-21/h2-3,8-12,15,21,24,37H,4-7,13-14H2,1H3,(H,34,38)(H,32,33,35). The Hall–Kier alpha value is -3.67. The van der Waals surface area contributed by atoms with Crippen molar-refractivity contribution >= 4 is 29.4 Å². The van der Waals surface area contributed by atoms with E-state index >= 15 is 0 Å². The van der Waals surface area contributed by atoms with Crippen LogP contribution in [0.5, 0.6) is 0 Å². The lowest BCUT2D eigenvalue weighted by Crippen LogP contribution is -2.46. The fourth-order valence-corrected chi connectivity index (χ4v) is 5.09. The number of carbonyl (C=O) groups excluding carboxylic acids is 2. The van der Waals surface area contributed by atoms with Gasteiger partial charge in [0, 0.05) is 43.0 Å². The molecule has 210 valence electrons. The van der Waals surface area contributed by atoms with E-state index in [2.05, 4.69) is 20.6 Å². The predicted molar refractivity (Wildman–Crippen MR) is 144 cm³/mol. The predicted octanol–water partition coefficient (Wildman–Crippen LogP) is 3.86. The second-order valence-electron chi connectivity index (χ2n) is 9.85. The van der Waals surface area contributed by atoms with Gasteiger partial charge in [-0.2, -0.15) is 0 Å². The van der Waals surface area contributed by atoms with Crippen LogP contribution in [0, 0.1) is 11.6 Å². The van der Waals surface area contributed by atoms with Crippen LogP contribution in [0.3, 0.4) is 0 Å². The molecule has 5 rings (SSSR count). The summed E-state index contributed by atoms with van der Waals surface area (Å²) in [6.07, 6.45) is 3.20. The normalized spacial score (nSPS) is 16.9. The Morgan fingerprint density at radius 2 is 1.93 bits per heavy atom. The summed E-state index contributed by atoms with van der Waals surface area (Å²) in [4.78, 5) is 36.7. The van der Waals surface area contributed by atoms with Crippen molar-refractivity contribution in [2.75, 3.05) is 25.1 Å². The van der Waals surface area contributed by atoms with Crippen LogP contribution in [0.15, 0.2) is 42.6 Å². The summed E-state index contributed by atoms with van der Waals surface area (Å²) in [6.45, 7) is 2.50. The average Bonchev–Trinajstić information content (AvgIpc) is 3.27. The Bertz CT molecular complexity index is 1420. The van der Waals surface area contributed by atoms with E-state index in [1.807, 2.05) is 6.07 Å². The Balaban J connectivity index is 1.31. The third kappa shape index (κ3) is 5.91. The monoisotopic (exact) mass is 571 g/mol. The number of aliphatic hydroxyl groups is 1. The number of hydrogen-bond acceptors (Lipinski definition) is 7. The highest BCUT2D eigenvalue weighted by molar-refractivity contribution is 6.33. The summed E-state index contributed by atoms with van der Waals surface area (Å²) in [5.74, 6) is -2.16. The van der Waals surface area contributed by atoms with E-state index in [0.717, 1.165) is 30.5 Å². The highest BCUT2D eigenvalue weighted by Crippen LogP contribution is 2.32. The molecule has 2 atom stereocenters. The van der Waals surface area contributed by atoms with E-state index in [1.165, 1.54) is 11.1 Å². The van der Waals surface area contributed by atoms with Crippen molar-refractivity contribution in [3.8, 4) is 11.3 Å². The lowest BCUT2D eigenvalue weighted by atomic mass is 10.0. The summed E-state index contributed by atoms with van der Waals surface area (Å²) in [5.41, 5.74) is 2.32. The van der Waals surface area contributed by atoms with Crippen LogP contribution in [-0.4, -0.2) is 63.7 Å². The molecule has 2 aliphatic heterocycles. The molecule has 3 heterocycles. The molecule has 3 N–H and O–H groups in total. The number of carbonyl (C=O) groups is 2. The van der Waals surface area contributed by atoms with Crippen molar-refractivity contribution in [3.05, 3.63) is 75.9 Å². The lowest BCUT2D eigenvalue weighted by Gasteiger charge is -2.26. The summed E-state index contributed by atoms with van der Waals surface area (Å²) in [6, 6.07) is 6.30. The molecule has 12 heteroatoms. The number of nitrogens with zero attached hydrogens (tertiary/aromatic N) is 3. The second kappa shape index (κ2) is 11.8. The molecule has 2 aromatic carbocycles. The maximum atomic E-state index is 13.7. The van der Waals surface area contributed by atoms with Crippen LogP contribution in [-0.2, 0) is 16.1 Å². The summed E-state index contributed by atoms with van der Waals surface area (Å²) >= 11 is 6.43. The topological polar surface area (TPSA) is 117 Å². The first-order chi connectivity index (χ1) is 19.2. The smallest absolute Gasteiger partial charge is 0.255 e. The van der Waals surface area contributed by atoms with Gasteiger partial charge in [-0.1, -0.05) is 23.7 Å². The molecule has 3 aromatic rings. The first-order valence-corrected chi connectivity index (χ1v) is 13.3. The number of benzene rings is 2.